The summed E-state index contributed by atoms with van der Waals surface area (Å²) in [5.41, 5.74) is 4.59. The Kier molecular flexibility index (Phi) is 9.80. The van der Waals surface area contributed by atoms with E-state index in [-0.39, 0.29) is 26.0 Å². The fraction of sp³-hybridized carbons (Fsp3) is 0.455. The first-order valence-electron chi connectivity index (χ1n) is 15.6. The maximum atomic E-state index is 13.2. The number of nitrogens with zero attached hydrogens (tertiary/aromatic N) is 5. The second kappa shape index (κ2) is 13.6. The number of hydrogen-bond acceptors (Lipinski definition) is 9. The van der Waals surface area contributed by atoms with Crippen LogP contribution in [0.2, 0.25) is 30.7 Å². The molecule has 0 amide bonds. The van der Waals surface area contributed by atoms with Crippen molar-refractivity contribution in [2.45, 2.75) is 61.7 Å². The lowest BCUT2D eigenvalue weighted by molar-refractivity contribution is 0.00336. The van der Waals surface area contributed by atoms with Gasteiger partial charge in [0.25, 0.3) is 0 Å². The van der Waals surface area contributed by atoms with E-state index >= 15 is 0 Å². The molecular formula is C33H42ClN5O6SSi. The smallest absolute Gasteiger partial charge is 0.301 e. The number of aliphatic hydroxyl groups excluding tert-OH is 1. The molecule has 0 radical (unpaired) electrons. The molecule has 0 aliphatic carbocycles. The number of rotatable bonds is 11. The van der Waals surface area contributed by atoms with Crippen molar-refractivity contribution in [2.75, 3.05) is 41.0 Å². The van der Waals surface area contributed by atoms with Crippen LogP contribution in [0.3, 0.4) is 0 Å². The zero-order valence-electron chi connectivity index (χ0n) is 27.6. The number of fused-ring (bicyclic) bond motifs is 2. The van der Waals surface area contributed by atoms with Gasteiger partial charge >= 0.3 is 6.01 Å². The lowest BCUT2D eigenvalue weighted by atomic mass is 10.0. The first-order chi connectivity index (χ1) is 22.4. The lowest BCUT2D eigenvalue weighted by Gasteiger charge is -2.19. The summed E-state index contributed by atoms with van der Waals surface area (Å²) in [7, 11) is 1.17. The summed E-state index contributed by atoms with van der Waals surface area (Å²) in [6.07, 6.45) is -1.91. The van der Waals surface area contributed by atoms with Gasteiger partial charge in [0.2, 0.25) is 0 Å². The highest BCUT2D eigenvalue weighted by Gasteiger charge is 2.49. The van der Waals surface area contributed by atoms with Gasteiger partial charge in [0.05, 0.1) is 28.8 Å². The molecule has 2 aromatic heterocycles. The van der Waals surface area contributed by atoms with Crippen LogP contribution in [0.4, 0.5) is 0 Å². The molecule has 2 fully saturated rings. The maximum absolute atomic E-state index is 13.2. The van der Waals surface area contributed by atoms with E-state index < -0.39 is 36.3 Å². The van der Waals surface area contributed by atoms with Crippen LogP contribution < -0.4 is 4.74 Å². The molecular weight excluding hydrogens is 658 g/mol. The first kappa shape index (κ1) is 34.0. The molecule has 11 nitrogen and oxygen atoms in total. The Labute approximate surface area is 282 Å². The summed E-state index contributed by atoms with van der Waals surface area (Å²) in [5, 5.41) is 10.7. The number of aliphatic hydroxyl groups is 1. The minimum absolute atomic E-state index is 0.204. The van der Waals surface area contributed by atoms with Crippen molar-refractivity contribution in [1.29, 1.82) is 0 Å². The van der Waals surface area contributed by atoms with Crippen molar-refractivity contribution in [1.82, 2.24) is 18.8 Å². The molecule has 252 valence electrons. The summed E-state index contributed by atoms with van der Waals surface area (Å²) < 4.78 is 44.9. The molecule has 4 aromatic rings. The molecule has 2 aromatic carbocycles. The minimum Gasteiger partial charge on any atom is -0.456 e. The van der Waals surface area contributed by atoms with Gasteiger partial charge in [0.15, 0.2) is 11.8 Å². The molecule has 0 bridgehead atoms. The van der Waals surface area contributed by atoms with E-state index in [1.807, 2.05) is 53.1 Å². The fourth-order valence-corrected chi connectivity index (χ4v) is 8.21. The molecule has 6 rings (SSSR count). The Morgan fingerprint density at radius 3 is 2.30 bits per heavy atom. The normalized spacial score (nSPS) is 22.5. The highest BCUT2D eigenvalue weighted by atomic mass is 35.5. The molecule has 0 spiro atoms. The topological polar surface area (TPSA) is 121 Å². The van der Waals surface area contributed by atoms with Gasteiger partial charge in [0, 0.05) is 41.4 Å². The Bertz CT molecular complexity index is 1850. The highest BCUT2D eigenvalue weighted by molar-refractivity contribution is 7.91. The van der Waals surface area contributed by atoms with E-state index in [9.17, 15) is 9.32 Å². The second-order valence-corrected chi connectivity index (χ2v) is 21.8. The Morgan fingerprint density at radius 2 is 1.66 bits per heavy atom. The third-order valence-corrected chi connectivity index (χ3v) is 12.9. The van der Waals surface area contributed by atoms with Crippen molar-refractivity contribution in [2.24, 2.45) is 4.36 Å². The Balaban J connectivity index is 1.29. The van der Waals surface area contributed by atoms with E-state index in [0.29, 0.717) is 39.4 Å². The molecule has 0 saturated carbocycles. The molecule has 4 heterocycles. The van der Waals surface area contributed by atoms with Gasteiger partial charge < -0.3 is 24.1 Å². The molecule has 2 aliphatic rings. The first-order valence-corrected chi connectivity index (χ1v) is 21.2. The SMILES string of the molecule is CN=S(=O)(c1ccc(-c2ccc(-c3nc4c(cc3Cl)nc(O[C@@H]3CO[C@H]5[C@@H]3OC[C@H]5O)n4COCC[Si](C)(C)C)cc2)cc1)N(C)C. The van der Waals surface area contributed by atoms with Gasteiger partial charge in [-0.05, 0) is 35.4 Å². The average Bonchev–Trinajstić information content (AvgIpc) is 3.72. The average molecular weight is 700 g/mol. The summed E-state index contributed by atoms with van der Waals surface area (Å²) >= 11 is 6.80. The standard InChI is InChI=1S/C33H42ClN5O6SSi/c1-35-46(41,38(2)3)24-13-11-22(12-14-24)21-7-9-23(10-8-21)29-25(34)17-26-32(37-29)39(20-42-15-16-47(4,5)6)33(36-26)45-28-19-44-30-27(40)18-43-31(28)30/h7-14,17,27-28,30-31,40H,15-16,18-20H2,1-6H3/t27-,28-,30-,31-,46?/m1/s1. The number of benzene rings is 2. The molecule has 14 heteroatoms. The van der Waals surface area contributed by atoms with Gasteiger partial charge in [-0.15, -0.1) is 0 Å². The van der Waals surface area contributed by atoms with Gasteiger partial charge in [-0.2, -0.15) is 4.98 Å². The molecule has 47 heavy (non-hydrogen) atoms. The van der Waals surface area contributed by atoms with Crippen LogP contribution in [0.1, 0.15) is 0 Å². The quantitative estimate of drug-likeness (QED) is 0.159. The fourth-order valence-electron chi connectivity index (χ4n) is 5.75. The highest BCUT2D eigenvalue weighted by Crippen LogP contribution is 2.35. The lowest BCUT2D eigenvalue weighted by Crippen LogP contribution is -2.35. The van der Waals surface area contributed by atoms with Crippen LogP contribution in [-0.2, 0) is 30.9 Å². The van der Waals surface area contributed by atoms with E-state index in [2.05, 4.69) is 24.0 Å². The molecule has 2 aliphatic heterocycles. The Morgan fingerprint density at radius 1 is 1.02 bits per heavy atom. The van der Waals surface area contributed by atoms with E-state index in [4.69, 9.17) is 40.5 Å². The molecule has 2 saturated heterocycles. The van der Waals surface area contributed by atoms with Crippen LogP contribution in [0, 0.1) is 0 Å². The monoisotopic (exact) mass is 699 g/mol. The minimum atomic E-state index is -2.63. The van der Waals surface area contributed by atoms with Crippen molar-refractivity contribution in [3.63, 3.8) is 0 Å². The van der Waals surface area contributed by atoms with E-state index in [0.717, 1.165) is 22.7 Å². The third kappa shape index (κ3) is 6.99. The zero-order valence-corrected chi connectivity index (χ0v) is 30.1. The number of halogens is 1. The maximum Gasteiger partial charge on any atom is 0.301 e. The van der Waals surface area contributed by atoms with Crippen molar-refractivity contribution < 1.29 is 28.3 Å². The van der Waals surface area contributed by atoms with E-state index in [1.54, 1.807) is 31.5 Å². The van der Waals surface area contributed by atoms with Crippen molar-refractivity contribution in [3.05, 3.63) is 59.6 Å². The van der Waals surface area contributed by atoms with Gasteiger partial charge in [-0.3, -0.25) is 4.57 Å². The van der Waals surface area contributed by atoms with Crippen LogP contribution in [0.5, 0.6) is 6.01 Å². The number of pyridine rings is 1. The van der Waals surface area contributed by atoms with Crippen LogP contribution in [-0.4, -0.2) is 102 Å². The summed E-state index contributed by atoms with van der Waals surface area (Å²) in [4.78, 5) is 10.4. The van der Waals surface area contributed by atoms with E-state index in [1.165, 1.54) is 0 Å². The van der Waals surface area contributed by atoms with Crippen LogP contribution in [0.25, 0.3) is 33.5 Å². The number of hydrogen-bond donors (Lipinski definition) is 1. The largest absolute Gasteiger partial charge is 0.456 e. The predicted octanol–water partition coefficient (Wildman–Crippen LogP) is 5.57. The number of ether oxygens (including phenoxy) is 4. The van der Waals surface area contributed by atoms with Gasteiger partial charge in [0.1, 0.15) is 40.5 Å². The zero-order chi connectivity index (χ0) is 33.5. The molecule has 1 N–H and O–H groups in total. The Hall–Kier alpha value is -2.88. The number of imidazole rings is 1. The third-order valence-electron chi connectivity index (χ3n) is 8.49. The summed E-state index contributed by atoms with van der Waals surface area (Å²) in [6.45, 7) is 8.25. The summed E-state index contributed by atoms with van der Waals surface area (Å²) in [5.74, 6) is 0. The van der Waals surface area contributed by atoms with Gasteiger partial charge in [-0.25, -0.2) is 17.9 Å². The second-order valence-electron chi connectivity index (χ2n) is 13.2. The number of aromatic nitrogens is 3. The molecule has 5 atom stereocenters. The van der Waals surface area contributed by atoms with Crippen LogP contribution >= 0.6 is 11.6 Å². The molecule has 1 unspecified atom stereocenters. The predicted molar refractivity (Wildman–Crippen MR) is 186 cm³/mol. The summed E-state index contributed by atoms with van der Waals surface area (Å²) in [6, 6.07) is 18.7. The van der Waals surface area contributed by atoms with Crippen LogP contribution in [0.15, 0.2) is 63.9 Å². The van der Waals surface area contributed by atoms with Crippen molar-refractivity contribution >= 4 is 40.8 Å². The van der Waals surface area contributed by atoms with Gasteiger partial charge in [-0.1, -0.05) is 67.6 Å². The van der Waals surface area contributed by atoms with Crippen molar-refractivity contribution in [3.8, 4) is 28.4 Å².